The zero-order chi connectivity index (χ0) is 13.3. The molecule has 8 heteroatoms. The molecule has 0 radical (unpaired) electrons. The van der Waals surface area contributed by atoms with E-state index in [1.165, 1.54) is 0 Å². The summed E-state index contributed by atoms with van der Waals surface area (Å²) in [5, 5.41) is 14.1. The van der Waals surface area contributed by atoms with Gasteiger partial charge in [-0.15, -0.1) is 10.2 Å². The van der Waals surface area contributed by atoms with Crippen LogP contribution in [0.15, 0.2) is 4.34 Å². The van der Waals surface area contributed by atoms with Crippen LogP contribution in [0.2, 0.25) is 5.15 Å². The van der Waals surface area contributed by atoms with Crippen molar-refractivity contribution >= 4 is 39.8 Å². The average molecular weight is 304 g/mol. The summed E-state index contributed by atoms with van der Waals surface area (Å²) in [5.41, 5.74) is 2.03. The molecule has 0 saturated carbocycles. The van der Waals surface area contributed by atoms with E-state index in [1.807, 2.05) is 33.0 Å². The highest BCUT2D eigenvalue weighted by molar-refractivity contribution is 8.00. The van der Waals surface area contributed by atoms with Crippen LogP contribution in [-0.2, 0) is 12.8 Å². The van der Waals surface area contributed by atoms with Crippen molar-refractivity contribution < 1.29 is 0 Å². The Morgan fingerprint density at radius 2 is 2.11 bits per heavy atom. The number of anilines is 1. The van der Waals surface area contributed by atoms with Gasteiger partial charge in [-0.3, -0.25) is 4.68 Å². The molecule has 0 aliphatic carbocycles. The van der Waals surface area contributed by atoms with Crippen LogP contribution in [0.1, 0.15) is 11.3 Å². The Morgan fingerprint density at radius 1 is 1.39 bits per heavy atom. The third kappa shape index (κ3) is 2.78. The molecular weight excluding hydrogens is 290 g/mol. The molecule has 0 fully saturated rings. The van der Waals surface area contributed by atoms with Gasteiger partial charge in [-0.1, -0.05) is 34.7 Å². The van der Waals surface area contributed by atoms with E-state index in [9.17, 15) is 0 Å². The van der Waals surface area contributed by atoms with Gasteiger partial charge in [-0.05, 0) is 6.92 Å². The van der Waals surface area contributed by atoms with Gasteiger partial charge >= 0.3 is 0 Å². The van der Waals surface area contributed by atoms with Crippen LogP contribution in [-0.4, -0.2) is 34.1 Å². The molecule has 2 heterocycles. The first-order valence-electron chi connectivity index (χ1n) is 5.30. The molecule has 0 bridgehead atoms. The highest BCUT2D eigenvalue weighted by atomic mass is 35.5. The van der Waals surface area contributed by atoms with Crippen molar-refractivity contribution in [2.24, 2.45) is 7.05 Å². The minimum absolute atomic E-state index is 0.692. The van der Waals surface area contributed by atoms with Gasteiger partial charge in [0.25, 0.3) is 0 Å². The van der Waals surface area contributed by atoms with Gasteiger partial charge in [0, 0.05) is 32.5 Å². The quantitative estimate of drug-likeness (QED) is 0.813. The molecule has 0 aliphatic heterocycles. The largest absolute Gasteiger partial charge is 0.353 e. The second kappa shape index (κ2) is 5.46. The Balaban J connectivity index is 2.06. The first kappa shape index (κ1) is 13.6. The maximum Gasteiger partial charge on any atom is 0.208 e. The van der Waals surface area contributed by atoms with Crippen molar-refractivity contribution in [1.82, 2.24) is 20.0 Å². The van der Waals surface area contributed by atoms with E-state index >= 15 is 0 Å². The third-order valence-corrected chi connectivity index (χ3v) is 5.11. The molecule has 2 rings (SSSR count). The van der Waals surface area contributed by atoms with Crippen LogP contribution < -0.4 is 4.90 Å². The highest BCUT2D eigenvalue weighted by Crippen LogP contribution is 2.32. The number of rotatable bonds is 4. The SMILES string of the molecule is Cc1nn(C)c(Cl)c1CSc1nnc(N(C)C)s1. The lowest BCUT2D eigenvalue weighted by Gasteiger charge is -2.03. The third-order valence-electron chi connectivity index (χ3n) is 2.39. The number of thioether (sulfide) groups is 1. The first-order chi connectivity index (χ1) is 8.49. The molecule has 0 N–H and O–H groups in total. The minimum atomic E-state index is 0.692. The van der Waals surface area contributed by atoms with Gasteiger partial charge in [-0.2, -0.15) is 5.10 Å². The summed E-state index contributed by atoms with van der Waals surface area (Å²) in [6.45, 7) is 1.97. The lowest BCUT2D eigenvalue weighted by atomic mass is 10.3. The van der Waals surface area contributed by atoms with E-state index in [0.29, 0.717) is 5.15 Å². The Bertz CT molecular complexity index is 548. The first-order valence-corrected chi connectivity index (χ1v) is 7.48. The fraction of sp³-hybridized carbons (Fsp3) is 0.500. The number of hydrogen-bond acceptors (Lipinski definition) is 6. The molecule has 2 aromatic rings. The molecule has 0 amide bonds. The van der Waals surface area contributed by atoms with Crippen molar-refractivity contribution in [3.63, 3.8) is 0 Å². The smallest absolute Gasteiger partial charge is 0.208 e. The van der Waals surface area contributed by atoms with Crippen molar-refractivity contribution in [3.8, 4) is 0 Å². The summed E-state index contributed by atoms with van der Waals surface area (Å²) in [4.78, 5) is 1.95. The lowest BCUT2D eigenvalue weighted by molar-refractivity contribution is 0.757. The summed E-state index contributed by atoms with van der Waals surface area (Å²) in [6.07, 6.45) is 0. The van der Waals surface area contributed by atoms with Gasteiger partial charge < -0.3 is 4.90 Å². The zero-order valence-electron chi connectivity index (χ0n) is 10.6. The molecule has 98 valence electrons. The monoisotopic (exact) mass is 303 g/mol. The van der Waals surface area contributed by atoms with E-state index in [0.717, 1.165) is 26.5 Å². The van der Waals surface area contributed by atoms with Crippen molar-refractivity contribution in [2.45, 2.75) is 17.0 Å². The molecule has 0 atom stereocenters. The molecule has 0 spiro atoms. The van der Waals surface area contributed by atoms with Gasteiger partial charge in [-0.25, -0.2) is 0 Å². The molecule has 18 heavy (non-hydrogen) atoms. The van der Waals surface area contributed by atoms with E-state index in [1.54, 1.807) is 27.8 Å². The van der Waals surface area contributed by atoms with Crippen LogP contribution >= 0.6 is 34.7 Å². The van der Waals surface area contributed by atoms with Crippen LogP contribution in [0.25, 0.3) is 0 Å². The number of halogens is 1. The normalized spacial score (nSPS) is 10.9. The minimum Gasteiger partial charge on any atom is -0.353 e. The van der Waals surface area contributed by atoms with Crippen LogP contribution in [0.5, 0.6) is 0 Å². The lowest BCUT2D eigenvalue weighted by Crippen LogP contribution is -2.07. The summed E-state index contributed by atoms with van der Waals surface area (Å²) >= 11 is 9.39. The van der Waals surface area contributed by atoms with Gasteiger partial charge in [0.15, 0.2) is 4.34 Å². The second-order valence-corrected chi connectivity index (χ2v) is 6.55. The summed E-state index contributed by atoms with van der Waals surface area (Å²) in [5.74, 6) is 0.764. The second-order valence-electron chi connectivity index (χ2n) is 4.01. The maximum absolute atomic E-state index is 6.18. The highest BCUT2D eigenvalue weighted by Gasteiger charge is 2.13. The number of aromatic nitrogens is 4. The number of hydrogen-bond donors (Lipinski definition) is 0. The summed E-state index contributed by atoms with van der Waals surface area (Å²) in [7, 11) is 5.76. The van der Waals surface area contributed by atoms with Gasteiger partial charge in [0.2, 0.25) is 5.13 Å². The van der Waals surface area contributed by atoms with Crippen LogP contribution in [0.4, 0.5) is 5.13 Å². The van der Waals surface area contributed by atoms with Crippen LogP contribution in [0, 0.1) is 6.92 Å². The van der Waals surface area contributed by atoms with Gasteiger partial charge in [0.05, 0.1) is 5.69 Å². The fourth-order valence-electron chi connectivity index (χ4n) is 1.41. The van der Waals surface area contributed by atoms with E-state index in [4.69, 9.17) is 11.6 Å². The maximum atomic E-state index is 6.18. The van der Waals surface area contributed by atoms with Crippen molar-refractivity contribution in [1.29, 1.82) is 0 Å². The van der Waals surface area contributed by atoms with E-state index in [-0.39, 0.29) is 0 Å². The van der Waals surface area contributed by atoms with Gasteiger partial charge in [0.1, 0.15) is 5.15 Å². The van der Waals surface area contributed by atoms with Crippen LogP contribution in [0.3, 0.4) is 0 Å². The predicted molar refractivity (Wildman–Crippen MR) is 76.8 cm³/mol. The molecule has 0 aliphatic rings. The molecule has 2 aromatic heterocycles. The van der Waals surface area contributed by atoms with Crippen molar-refractivity contribution in [3.05, 3.63) is 16.4 Å². The Hall–Kier alpha value is -0.790. The Morgan fingerprint density at radius 3 is 2.61 bits per heavy atom. The summed E-state index contributed by atoms with van der Waals surface area (Å²) in [6, 6.07) is 0. The Labute approximate surface area is 119 Å². The fourth-order valence-corrected chi connectivity index (χ4v) is 3.58. The molecule has 0 unspecified atom stereocenters. The van der Waals surface area contributed by atoms with E-state index < -0.39 is 0 Å². The molecular formula is C10H14ClN5S2. The Kier molecular flexibility index (Phi) is 4.14. The number of nitrogens with zero attached hydrogens (tertiary/aromatic N) is 5. The average Bonchev–Trinajstić information content (AvgIpc) is 2.85. The van der Waals surface area contributed by atoms with E-state index in [2.05, 4.69) is 15.3 Å². The predicted octanol–water partition coefficient (Wildman–Crippen LogP) is 2.59. The van der Waals surface area contributed by atoms with Crippen molar-refractivity contribution in [2.75, 3.05) is 19.0 Å². The standard InChI is InChI=1S/C10H14ClN5S2/c1-6-7(8(11)16(4)14-6)5-17-10-13-12-9(18-10)15(2)3/h5H2,1-4H3. The molecule has 0 aromatic carbocycles. The number of aryl methyl sites for hydroxylation is 2. The summed E-state index contributed by atoms with van der Waals surface area (Å²) < 4.78 is 2.64. The molecule has 0 saturated heterocycles. The molecule has 5 nitrogen and oxygen atoms in total. The zero-order valence-corrected chi connectivity index (χ0v) is 13.0. The topological polar surface area (TPSA) is 46.8 Å².